The van der Waals surface area contributed by atoms with Crippen LogP contribution < -0.4 is 0 Å². The molecule has 1 unspecified atom stereocenters. The highest BCUT2D eigenvalue weighted by molar-refractivity contribution is 5.71. The third-order valence-corrected chi connectivity index (χ3v) is 13.8. The summed E-state index contributed by atoms with van der Waals surface area (Å²) in [6.07, 6.45) is 99.6. The smallest absolute Gasteiger partial charge is 0.306 e. The van der Waals surface area contributed by atoms with E-state index >= 15 is 0 Å². The Morgan fingerprint density at radius 2 is 0.476 bits per heavy atom. The van der Waals surface area contributed by atoms with Crippen molar-refractivity contribution in [3.63, 3.8) is 0 Å². The lowest BCUT2D eigenvalue weighted by Crippen LogP contribution is -2.30. The van der Waals surface area contributed by atoms with Crippen LogP contribution in [-0.4, -0.2) is 37.2 Å². The summed E-state index contributed by atoms with van der Waals surface area (Å²) < 4.78 is 16.9. The molecular formula is C76H122O6. The SMILES string of the molecule is CC/C=C\C/C=C\C/C=C\C/C=C\C/C=C\C/C=C\C/C=C\C/C=C\CCCCCCCCC(=O)OCC(COC(=O)CCCCCCCCCCCCCCCC)OC(=O)CCCCC/C=C\C/C=C\C/C=C\C/C=C\C/C=C\CC. The van der Waals surface area contributed by atoms with Crippen molar-refractivity contribution in [2.24, 2.45) is 0 Å². The molecule has 6 heteroatoms. The van der Waals surface area contributed by atoms with Gasteiger partial charge in [0.05, 0.1) is 0 Å². The summed E-state index contributed by atoms with van der Waals surface area (Å²) in [5.74, 6) is -0.946. The maximum atomic E-state index is 12.9. The third-order valence-electron chi connectivity index (χ3n) is 13.8. The van der Waals surface area contributed by atoms with Crippen molar-refractivity contribution in [2.45, 2.75) is 290 Å². The topological polar surface area (TPSA) is 78.9 Å². The van der Waals surface area contributed by atoms with Crippen molar-refractivity contribution in [2.75, 3.05) is 13.2 Å². The second-order valence-corrected chi connectivity index (χ2v) is 21.6. The minimum Gasteiger partial charge on any atom is -0.462 e. The number of rotatable bonds is 59. The van der Waals surface area contributed by atoms with E-state index < -0.39 is 6.10 Å². The molecule has 0 aromatic carbocycles. The second kappa shape index (κ2) is 68.5. The van der Waals surface area contributed by atoms with Crippen LogP contribution in [0, 0.1) is 0 Å². The number of carbonyl (C=O) groups excluding carboxylic acids is 3. The molecule has 0 aromatic heterocycles. The van der Waals surface area contributed by atoms with Crippen molar-refractivity contribution in [1.29, 1.82) is 0 Å². The molecular weight excluding hydrogens is 1010 g/mol. The standard InChI is InChI=1S/C76H122O6/c1-4-7-10-13-16-19-22-25-28-30-32-33-34-35-36-37-38-39-40-41-42-43-45-46-48-51-54-57-60-63-66-69-75(78)81-72-73(71-80-74(77)68-65-62-59-56-53-50-27-24-21-18-15-12-9-6-3)82-76(79)70-67-64-61-58-55-52-49-47-44-31-29-26-23-20-17-14-11-8-5-2/h7-8,10-11,16-17,19-20,25-26,28-29,32-33,35-36,38-39,41-42,44-47,52,55,73H,4-6,9,12-15,18,21-24,27,30-31,34,37,40,43,48-51,53-54,56-72H2,1-3H3/b10-7-,11-8-,19-16-,20-17-,28-25-,29-26-,33-32-,36-35-,39-38-,42-41-,46-45-,47-44-,55-52-. The average molecular weight is 1130 g/mol. The number of hydrogen-bond acceptors (Lipinski definition) is 6. The van der Waals surface area contributed by atoms with E-state index in [1.807, 2.05) is 0 Å². The molecule has 0 fully saturated rings. The van der Waals surface area contributed by atoms with Gasteiger partial charge in [-0.2, -0.15) is 0 Å². The third kappa shape index (κ3) is 65.8. The lowest BCUT2D eigenvalue weighted by atomic mass is 10.0. The van der Waals surface area contributed by atoms with Gasteiger partial charge in [-0.15, -0.1) is 0 Å². The first-order valence-corrected chi connectivity index (χ1v) is 33.5. The molecule has 0 saturated carbocycles. The Bertz CT molecular complexity index is 1830. The van der Waals surface area contributed by atoms with Crippen LogP contribution in [0.5, 0.6) is 0 Å². The first-order valence-electron chi connectivity index (χ1n) is 33.5. The van der Waals surface area contributed by atoms with E-state index in [1.165, 1.54) is 83.5 Å². The van der Waals surface area contributed by atoms with Crippen molar-refractivity contribution in [1.82, 2.24) is 0 Å². The van der Waals surface area contributed by atoms with Gasteiger partial charge in [0, 0.05) is 19.3 Å². The lowest BCUT2D eigenvalue weighted by Gasteiger charge is -2.18. The van der Waals surface area contributed by atoms with E-state index in [4.69, 9.17) is 14.2 Å². The van der Waals surface area contributed by atoms with Gasteiger partial charge in [-0.1, -0.05) is 294 Å². The number of hydrogen-bond donors (Lipinski definition) is 0. The van der Waals surface area contributed by atoms with Crippen molar-refractivity contribution in [3.8, 4) is 0 Å². The van der Waals surface area contributed by atoms with E-state index in [-0.39, 0.29) is 37.5 Å². The Balaban J connectivity index is 4.41. The minimum absolute atomic E-state index is 0.0997. The number of allylic oxidation sites excluding steroid dienone is 26. The highest BCUT2D eigenvalue weighted by Crippen LogP contribution is 2.15. The molecule has 1 atom stereocenters. The highest BCUT2D eigenvalue weighted by Gasteiger charge is 2.19. The largest absolute Gasteiger partial charge is 0.462 e. The van der Waals surface area contributed by atoms with Gasteiger partial charge in [-0.05, 0) is 128 Å². The van der Waals surface area contributed by atoms with Crippen LogP contribution in [0.25, 0.3) is 0 Å². The zero-order valence-electron chi connectivity index (χ0n) is 52.9. The Morgan fingerprint density at radius 3 is 0.756 bits per heavy atom. The number of unbranched alkanes of at least 4 members (excludes halogenated alkanes) is 22. The van der Waals surface area contributed by atoms with Gasteiger partial charge < -0.3 is 14.2 Å². The predicted octanol–water partition coefficient (Wildman–Crippen LogP) is 23.3. The van der Waals surface area contributed by atoms with Gasteiger partial charge in [0.1, 0.15) is 13.2 Å². The van der Waals surface area contributed by atoms with E-state index in [2.05, 4.69) is 179 Å². The Kier molecular flexibility index (Phi) is 64.4. The highest BCUT2D eigenvalue weighted by atomic mass is 16.6. The molecule has 0 aliphatic carbocycles. The fourth-order valence-corrected chi connectivity index (χ4v) is 8.84. The zero-order chi connectivity index (χ0) is 59.2. The van der Waals surface area contributed by atoms with Crippen LogP contribution in [-0.2, 0) is 28.6 Å². The van der Waals surface area contributed by atoms with E-state index in [0.717, 1.165) is 161 Å². The molecule has 0 aromatic rings. The van der Waals surface area contributed by atoms with Gasteiger partial charge in [-0.3, -0.25) is 14.4 Å². The molecule has 0 rings (SSSR count). The Morgan fingerprint density at radius 1 is 0.256 bits per heavy atom. The molecule has 0 aliphatic rings. The first kappa shape index (κ1) is 77.0. The summed E-state index contributed by atoms with van der Waals surface area (Å²) in [6, 6.07) is 0. The van der Waals surface area contributed by atoms with Gasteiger partial charge >= 0.3 is 17.9 Å². The van der Waals surface area contributed by atoms with Crippen LogP contribution in [0.1, 0.15) is 284 Å². The summed E-state index contributed by atoms with van der Waals surface area (Å²) in [6.45, 7) is 6.38. The molecule has 462 valence electrons. The van der Waals surface area contributed by atoms with Gasteiger partial charge in [0.15, 0.2) is 6.10 Å². The molecule has 0 bridgehead atoms. The summed E-state index contributed by atoms with van der Waals surface area (Å²) >= 11 is 0. The van der Waals surface area contributed by atoms with Gasteiger partial charge in [-0.25, -0.2) is 0 Å². The minimum atomic E-state index is -0.809. The monoisotopic (exact) mass is 1130 g/mol. The summed E-state index contributed by atoms with van der Waals surface area (Å²) in [5, 5.41) is 0. The maximum absolute atomic E-state index is 12.9. The van der Waals surface area contributed by atoms with Gasteiger partial charge in [0.2, 0.25) is 0 Å². The van der Waals surface area contributed by atoms with Crippen molar-refractivity contribution in [3.05, 3.63) is 158 Å². The Labute approximate surface area is 505 Å². The normalized spacial score (nSPS) is 13.2. The van der Waals surface area contributed by atoms with Crippen LogP contribution in [0.15, 0.2) is 158 Å². The van der Waals surface area contributed by atoms with E-state index in [0.29, 0.717) is 12.8 Å². The fourth-order valence-electron chi connectivity index (χ4n) is 8.84. The molecule has 82 heavy (non-hydrogen) atoms. The molecule has 6 nitrogen and oxygen atoms in total. The quantitative estimate of drug-likeness (QED) is 0.0261. The van der Waals surface area contributed by atoms with E-state index in [1.54, 1.807) is 0 Å². The lowest BCUT2D eigenvalue weighted by molar-refractivity contribution is -0.167. The summed E-state index contributed by atoms with van der Waals surface area (Å²) in [7, 11) is 0. The summed E-state index contributed by atoms with van der Waals surface area (Å²) in [5.41, 5.74) is 0. The first-order chi connectivity index (χ1) is 40.5. The number of ether oxygens (including phenoxy) is 3. The zero-order valence-corrected chi connectivity index (χ0v) is 52.9. The van der Waals surface area contributed by atoms with Crippen molar-refractivity contribution >= 4 is 17.9 Å². The molecule has 0 radical (unpaired) electrons. The molecule has 0 spiro atoms. The van der Waals surface area contributed by atoms with E-state index in [9.17, 15) is 14.4 Å². The molecule has 0 heterocycles. The molecule has 0 N–H and O–H groups in total. The maximum Gasteiger partial charge on any atom is 0.306 e. The number of esters is 3. The number of carbonyl (C=O) groups is 3. The second-order valence-electron chi connectivity index (χ2n) is 21.6. The molecule has 0 aliphatic heterocycles. The molecule has 0 saturated heterocycles. The van der Waals surface area contributed by atoms with Crippen LogP contribution in [0.2, 0.25) is 0 Å². The summed E-state index contributed by atoms with van der Waals surface area (Å²) in [4.78, 5) is 38.4. The average Bonchev–Trinajstić information content (AvgIpc) is 3.47. The Hall–Kier alpha value is -4.97. The van der Waals surface area contributed by atoms with Crippen LogP contribution >= 0.6 is 0 Å². The molecule has 0 amide bonds. The fraction of sp³-hybridized carbons (Fsp3) is 0.618. The van der Waals surface area contributed by atoms with Crippen molar-refractivity contribution < 1.29 is 28.6 Å². The predicted molar refractivity (Wildman–Crippen MR) is 357 cm³/mol. The van der Waals surface area contributed by atoms with Crippen LogP contribution in [0.4, 0.5) is 0 Å². The van der Waals surface area contributed by atoms with Crippen LogP contribution in [0.3, 0.4) is 0 Å². The van der Waals surface area contributed by atoms with Gasteiger partial charge in [0.25, 0.3) is 0 Å².